The van der Waals surface area contributed by atoms with Gasteiger partial charge in [0, 0.05) is 45.1 Å². The van der Waals surface area contributed by atoms with Crippen molar-refractivity contribution < 1.29 is 9.21 Å². The lowest BCUT2D eigenvalue weighted by Gasteiger charge is -2.24. The molecule has 1 aromatic heterocycles. The van der Waals surface area contributed by atoms with E-state index < -0.39 is 0 Å². The third-order valence-corrected chi connectivity index (χ3v) is 4.62. The van der Waals surface area contributed by atoms with Crippen molar-refractivity contribution >= 4 is 5.91 Å². The molecule has 1 atom stereocenters. The highest BCUT2D eigenvalue weighted by Gasteiger charge is 2.21. The topological polar surface area (TPSA) is 39.9 Å². The van der Waals surface area contributed by atoms with Crippen LogP contribution in [0.15, 0.2) is 16.5 Å². The zero-order chi connectivity index (χ0) is 16.8. The summed E-state index contributed by atoms with van der Waals surface area (Å²) in [4.78, 5) is 18.8. The van der Waals surface area contributed by atoms with E-state index in [4.69, 9.17) is 4.42 Å². The van der Waals surface area contributed by atoms with Gasteiger partial charge in [0.05, 0.1) is 0 Å². The number of nitrogens with zero attached hydrogens (tertiary/aromatic N) is 3. The van der Waals surface area contributed by atoms with E-state index in [1.54, 1.807) is 0 Å². The molecule has 130 valence electrons. The summed E-state index contributed by atoms with van der Waals surface area (Å²) >= 11 is 0. The lowest BCUT2D eigenvalue weighted by atomic mass is 10.0. The minimum Gasteiger partial charge on any atom is -0.466 e. The zero-order valence-corrected chi connectivity index (χ0v) is 15.0. The minimum absolute atomic E-state index is 0.295. The Kier molecular flexibility index (Phi) is 6.66. The van der Waals surface area contributed by atoms with Crippen molar-refractivity contribution in [2.75, 3.05) is 53.4 Å². The summed E-state index contributed by atoms with van der Waals surface area (Å²) in [7, 11) is 4.10. The highest BCUT2D eigenvalue weighted by molar-refractivity contribution is 5.76. The average Bonchev–Trinajstić information content (AvgIpc) is 2.86. The summed E-state index contributed by atoms with van der Waals surface area (Å²) < 4.78 is 5.71. The molecule has 0 spiro atoms. The first kappa shape index (κ1) is 18.0. The van der Waals surface area contributed by atoms with Crippen LogP contribution in [0.25, 0.3) is 0 Å². The molecule has 1 fully saturated rings. The number of furan rings is 1. The third-order valence-electron chi connectivity index (χ3n) is 4.62. The molecule has 2 heterocycles. The average molecular weight is 321 g/mol. The molecule has 1 aromatic rings. The summed E-state index contributed by atoms with van der Waals surface area (Å²) in [6.45, 7) is 9.69. The number of carbonyl (C=O) groups is 1. The van der Waals surface area contributed by atoms with Gasteiger partial charge < -0.3 is 19.1 Å². The summed E-state index contributed by atoms with van der Waals surface area (Å²) in [6, 6.07) is 4.11. The van der Waals surface area contributed by atoms with Gasteiger partial charge in [-0.25, -0.2) is 0 Å². The molecule has 23 heavy (non-hydrogen) atoms. The first-order valence-electron chi connectivity index (χ1n) is 8.67. The molecule has 5 nitrogen and oxygen atoms in total. The summed E-state index contributed by atoms with van der Waals surface area (Å²) in [5.41, 5.74) is 0. The molecule has 5 heteroatoms. The van der Waals surface area contributed by atoms with Gasteiger partial charge in [-0.15, -0.1) is 0 Å². The third kappa shape index (κ3) is 5.66. The van der Waals surface area contributed by atoms with E-state index in [0.717, 1.165) is 57.2 Å². The van der Waals surface area contributed by atoms with E-state index in [1.807, 2.05) is 32.0 Å². The number of hydrogen-bond donors (Lipinski definition) is 0. The Hall–Kier alpha value is -1.33. The van der Waals surface area contributed by atoms with Crippen LogP contribution in [0.3, 0.4) is 0 Å². The number of hydrogen-bond acceptors (Lipinski definition) is 4. The van der Waals surface area contributed by atoms with Gasteiger partial charge in [0.15, 0.2) is 0 Å². The number of amides is 1. The first-order valence-corrected chi connectivity index (χ1v) is 8.67. The molecular weight excluding hydrogens is 290 g/mol. The standard InChI is InChI=1S/C18H31N3O2/c1-15(17-6-5-16(2)23-17)7-9-20-10-8-18(22)21(14-12-20)13-11-19(3)4/h5-6,15H,7-14H2,1-4H3/t15-/m0/s1. The van der Waals surface area contributed by atoms with E-state index >= 15 is 0 Å². The Balaban J connectivity index is 1.77. The van der Waals surface area contributed by atoms with Gasteiger partial charge in [0.25, 0.3) is 0 Å². The Morgan fingerprint density at radius 1 is 1.22 bits per heavy atom. The van der Waals surface area contributed by atoms with E-state index in [-0.39, 0.29) is 0 Å². The smallest absolute Gasteiger partial charge is 0.223 e. The molecule has 1 amide bonds. The van der Waals surface area contributed by atoms with Gasteiger partial charge in [0.2, 0.25) is 5.91 Å². The van der Waals surface area contributed by atoms with Gasteiger partial charge in [-0.3, -0.25) is 4.79 Å². The maximum Gasteiger partial charge on any atom is 0.223 e. The summed E-state index contributed by atoms with van der Waals surface area (Å²) in [5, 5.41) is 0. The number of likely N-dealkylation sites (N-methyl/N-ethyl adjacent to an activating group) is 1. The van der Waals surface area contributed by atoms with Crippen molar-refractivity contribution in [1.29, 1.82) is 0 Å². The van der Waals surface area contributed by atoms with Crippen LogP contribution in [0, 0.1) is 6.92 Å². The van der Waals surface area contributed by atoms with Crippen LogP contribution in [0.2, 0.25) is 0 Å². The maximum absolute atomic E-state index is 12.2. The predicted octanol–water partition coefficient (Wildman–Crippen LogP) is 2.18. The SMILES string of the molecule is Cc1ccc([C@@H](C)CCN2CCC(=O)N(CCN(C)C)CC2)o1. The molecule has 0 aliphatic carbocycles. The fraction of sp³-hybridized carbons (Fsp3) is 0.722. The van der Waals surface area contributed by atoms with Crippen molar-refractivity contribution in [1.82, 2.24) is 14.7 Å². The molecule has 0 saturated carbocycles. The van der Waals surface area contributed by atoms with E-state index in [1.165, 1.54) is 0 Å². The normalized spacial score (nSPS) is 18.5. The van der Waals surface area contributed by atoms with E-state index in [2.05, 4.69) is 22.8 Å². The molecule has 0 unspecified atom stereocenters. The number of carbonyl (C=O) groups excluding carboxylic acids is 1. The predicted molar refractivity (Wildman–Crippen MR) is 92.7 cm³/mol. The van der Waals surface area contributed by atoms with Gasteiger partial charge in [0.1, 0.15) is 11.5 Å². The first-order chi connectivity index (χ1) is 11.0. The molecule has 1 saturated heterocycles. The second kappa shape index (κ2) is 8.50. The van der Waals surface area contributed by atoms with Crippen LogP contribution < -0.4 is 0 Å². The Morgan fingerprint density at radius 3 is 2.65 bits per heavy atom. The molecule has 1 aliphatic heterocycles. The van der Waals surface area contributed by atoms with Crippen LogP contribution in [-0.4, -0.2) is 74.0 Å². The van der Waals surface area contributed by atoms with Gasteiger partial charge >= 0.3 is 0 Å². The second-order valence-corrected chi connectivity index (χ2v) is 6.91. The van der Waals surface area contributed by atoms with Gasteiger partial charge in [-0.05, 0) is 46.1 Å². The Labute approximate surface area is 140 Å². The van der Waals surface area contributed by atoms with E-state index in [9.17, 15) is 4.79 Å². The molecule has 0 N–H and O–H groups in total. The highest BCUT2D eigenvalue weighted by atomic mass is 16.3. The van der Waals surface area contributed by atoms with Crippen molar-refractivity contribution in [3.8, 4) is 0 Å². The van der Waals surface area contributed by atoms with Crippen molar-refractivity contribution in [3.63, 3.8) is 0 Å². The molecule has 0 aromatic carbocycles. The number of aryl methyl sites for hydroxylation is 1. The largest absolute Gasteiger partial charge is 0.466 e. The quantitative estimate of drug-likeness (QED) is 0.772. The minimum atomic E-state index is 0.295. The molecular formula is C18H31N3O2. The lowest BCUT2D eigenvalue weighted by Crippen LogP contribution is -2.38. The van der Waals surface area contributed by atoms with Crippen LogP contribution in [0.4, 0.5) is 0 Å². The monoisotopic (exact) mass is 321 g/mol. The van der Waals surface area contributed by atoms with E-state index in [0.29, 0.717) is 18.2 Å². The van der Waals surface area contributed by atoms with Crippen LogP contribution in [0.5, 0.6) is 0 Å². The Morgan fingerprint density at radius 2 is 2.00 bits per heavy atom. The number of rotatable bonds is 7. The van der Waals surface area contributed by atoms with Crippen molar-refractivity contribution in [3.05, 3.63) is 23.7 Å². The second-order valence-electron chi connectivity index (χ2n) is 6.91. The fourth-order valence-electron chi connectivity index (χ4n) is 2.93. The van der Waals surface area contributed by atoms with Gasteiger partial charge in [-0.2, -0.15) is 0 Å². The van der Waals surface area contributed by atoms with Gasteiger partial charge in [-0.1, -0.05) is 6.92 Å². The van der Waals surface area contributed by atoms with Crippen LogP contribution in [0.1, 0.15) is 37.2 Å². The molecule has 1 aliphatic rings. The summed E-state index contributed by atoms with van der Waals surface area (Å²) in [5.74, 6) is 2.77. The van der Waals surface area contributed by atoms with Crippen molar-refractivity contribution in [2.45, 2.75) is 32.6 Å². The lowest BCUT2D eigenvalue weighted by molar-refractivity contribution is -0.130. The summed E-state index contributed by atoms with van der Waals surface area (Å²) in [6.07, 6.45) is 1.71. The van der Waals surface area contributed by atoms with Crippen LogP contribution >= 0.6 is 0 Å². The molecule has 0 radical (unpaired) electrons. The fourth-order valence-corrected chi connectivity index (χ4v) is 2.93. The maximum atomic E-state index is 12.2. The molecule has 0 bridgehead atoms. The molecule has 2 rings (SSSR count). The highest BCUT2D eigenvalue weighted by Crippen LogP contribution is 2.21. The van der Waals surface area contributed by atoms with Crippen molar-refractivity contribution in [2.24, 2.45) is 0 Å². The zero-order valence-electron chi connectivity index (χ0n) is 15.0. The Bertz CT molecular complexity index is 498. The van der Waals surface area contributed by atoms with Crippen LogP contribution in [-0.2, 0) is 4.79 Å².